The normalized spacial score (nSPS) is 16.9. The van der Waals surface area contributed by atoms with Crippen LogP contribution in [-0.2, 0) is 0 Å². The van der Waals surface area contributed by atoms with Crippen molar-refractivity contribution in [1.82, 2.24) is 0 Å². The van der Waals surface area contributed by atoms with Crippen LogP contribution >= 0.6 is 0 Å². The smallest absolute Gasteiger partial charge is 0.129 e. The topological polar surface area (TPSA) is 0 Å². The fourth-order valence-corrected chi connectivity index (χ4v) is 1.72. The Balaban J connectivity index is 2.41. The fourth-order valence-electron chi connectivity index (χ4n) is 1.72. The molecule has 0 bridgehead atoms. The van der Waals surface area contributed by atoms with Gasteiger partial charge in [0.1, 0.15) is 5.83 Å². The summed E-state index contributed by atoms with van der Waals surface area (Å²) in [6.45, 7) is 1.87. The van der Waals surface area contributed by atoms with Gasteiger partial charge in [-0.1, -0.05) is 36.4 Å². The van der Waals surface area contributed by atoms with Gasteiger partial charge in [0.15, 0.2) is 0 Å². The lowest BCUT2D eigenvalue weighted by molar-refractivity contribution is 0.644. The summed E-state index contributed by atoms with van der Waals surface area (Å²) in [5.41, 5.74) is 2.60. The van der Waals surface area contributed by atoms with E-state index in [9.17, 15) is 4.39 Å². The molecule has 0 saturated heterocycles. The highest BCUT2D eigenvalue weighted by Crippen LogP contribution is 2.32. The van der Waals surface area contributed by atoms with E-state index in [0.29, 0.717) is 0 Å². The first kappa shape index (κ1) is 9.20. The highest BCUT2D eigenvalue weighted by molar-refractivity contribution is 5.78. The van der Waals surface area contributed by atoms with Crippen molar-refractivity contribution < 1.29 is 4.39 Å². The first-order valence-electron chi connectivity index (χ1n) is 4.90. The average Bonchev–Trinajstić information content (AvgIpc) is 2.23. The number of halogens is 1. The van der Waals surface area contributed by atoms with Gasteiger partial charge in [0.2, 0.25) is 0 Å². The van der Waals surface area contributed by atoms with Crippen LogP contribution in [0.3, 0.4) is 0 Å². The van der Waals surface area contributed by atoms with Gasteiger partial charge in [-0.25, -0.2) is 4.39 Å². The summed E-state index contributed by atoms with van der Waals surface area (Å²) in [4.78, 5) is 0. The highest BCUT2D eigenvalue weighted by Gasteiger charge is 2.13. The zero-order valence-electron chi connectivity index (χ0n) is 8.26. The summed E-state index contributed by atoms with van der Waals surface area (Å²) >= 11 is 0. The first-order chi connectivity index (χ1) is 6.79. The minimum atomic E-state index is -0.0394. The molecule has 0 heterocycles. The zero-order chi connectivity index (χ0) is 9.97. The number of hydrogen-bond acceptors (Lipinski definition) is 0. The Morgan fingerprint density at radius 3 is 2.57 bits per heavy atom. The Labute approximate surface area is 83.8 Å². The van der Waals surface area contributed by atoms with Crippen LogP contribution in [0.1, 0.15) is 25.3 Å². The lowest BCUT2D eigenvalue weighted by atomic mass is 9.94. The van der Waals surface area contributed by atoms with Crippen LogP contribution in [-0.4, -0.2) is 0 Å². The monoisotopic (exact) mass is 188 g/mol. The Morgan fingerprint density at radius 2 is 1.86 bits per heavy atom. The molecule has 0 aliphatic heterocycles. The summed E-state index contributed by atoms with van der Waals surface area (Å²) in [6.07, 6.45) is 3.78. The maximum atomic E-state index is 13.7. The molecular formula is C13H13F. The molecule has 0 unspecified atom stereocenters. The molecule has 0 aromatic heterocycles. The molecule has 72 valence electrons. The second kappa shape index (κ2) is 3.79. The second-order valence-corrected chi connectivity index (χ2v) is 3.62. The number of benzene rings is 1. The lowest BCUT2D eigenvalue weighted by Gasteiger charge is -2.13. The van der Waals surface area contributed by atoms with Crippen molar-refractivity contribution >= 4 is 5.57 Å². The van der Waals surface area contributed by atoms with Gasteiger partial charge < -0.3 is 0 Å². The third-order valence-corrected chi connectivity index (χ3v) is 2.56. The third kappa shape index (κ3) is 1.63. The number of rotatable bonds is 1. The van der Waals surface area contributed by atoms with Gasteiger partial charge >= 0.3 is 0 Å². The zero-order valence-corrected chi connectivity index (χ0v) is 8.26. The van der Waals surface area contributed by atoms with Crippen molar-refractivity contribution in [2.75, 3.05) is 0 Å². The predicted molar refractivity (Wildman–Crippen MR) is 57.5 cm³/mol. The molecule has 0 fully saturated rings. The van der Waals surface area contributed by atoms with Crippen molar-refractivity contribution in [3.8, 4) is 0 Å². The second-order valence-electron chi connectivity index (χ2n) is 3.62. The number of hydrogen-bond donors (Lipinski definition) is 0. The van der Waals surface area contributed by atoms with Gasteiger partial charge in [-0.05, 0) is 30.9 Å². The molecular weight excluding hydrogens is 175 g/mol. The summed E-state index contributed by atoms with van der Waals surface area (Å²) in [7, 11) is 0. The minimum Gasteiger partial charge on any atom is -0.206 e. The van der Waals surface area contributed by atoms with Gasteiger partial charge in [0.25, 0.3) is 0 Å². The van der Waals surface area contributed by atoms with Crippen LogP contribution < -0.4 is 0 Å². The van der Waals surface area contributed by atoms with Crippen LogP contribution in [0.5, 0.6) is 0 Å². The summed E-state index contributed by atoms with van der Waals surface area (Å²) in [6, 6.07) is 9.72. The van der Waals surface area contributed by atoms with E-state index >= 15 is 0 Å². The molecule has 0 amide bonds. The van der Waals surface area contributed by atoms with Crippen LogP contribution in [0.25, 0.3) is 5.57 Å². The number of allylic oxidation sites excluding steroid dienone is 4. The maximum Gasteiger partial charge on any atom is 0.129 e. The van der Waals surface area contributed by atoms with Crippen molar-refractivity contribution in [3.05, 3.63) is 53.4 Å². The largest absolute Gasteiger partial charge is 0.206 e. The van der Waals surface area contributed by atoms with E-state index < -0.39 is 0 Å². The molecule has 1 aromatic carbocycles. The van der Waals surface area contributed by atoms with Crippen LogP contribution in [0, 0.1) is 0 Å². The molecule has 0 atom stereocenters. The van der Waals surface area contributed by atoms with E-state index in [2.05, 4.69) is 0 Å². The Hall–Kier alpha value is -1.37. The van der Waals surface area contributed by atoms with Crippen molar-refractivity contribution in [2.45, 2.75) is 19.8 Å². The Bertz CT molecular complexity index is 385. The SMILES string of the molecule is CC1=C(F)C(c2ccccc2)=CCC1. The molecule has 0 radical (unpaired) electrons. The summed E-state index contributed by atoms with van der Waals surface area (Å²) < 4.78 is 13.7. The van der Waals surface area contributed by atoms with Crippen LogP contribution in [0.2, 0.25) is 0 Å². The van der Waals surface area contributed by atoms with Crippen molar-refractivity contribution in [1.29, 1.82) is 0 Å². The Kier molecular flexibility index (Phi) is 2.49. The van der Waals surface area contributed by atoms with E-state index in [4.69, 9.17) is 0 Å². The fraction of sp³-hybridized carbons (Fsp3) is 0.231. The van der Waals surface area contributed by atoms with E-state index in [1.165, 1.54) is 0 Å². The van der Waals surface area contributed by atoms with Crippen molar-refractivity contribution in [2.24, 2.45) is 0 Å². The molecule has 1 heteroatoms. The highest BCUT2D eigenvalue weighted by atomic mass is 19.1. The van der Waals surface area contributed by atoms with E-state index in [1.54, 1.807) is 0 Å². The van der Waals surface area contributed by atoms with E-state index in [-0.39, 0.29) is 5.83 Å². The molecule has 1 aromatic rings. The van der Waals surface area contributed by atoms with Crippen LogP contribution in [0.4, 0.5) is 4.39 Å². The van der Waals surface area contributed by atoms with E-state index in [1.807, 2.05) is 43.3 Å². The van der Waals surface area contributed by atoms with E-state index in [0.717, 1.165) is 29.6 Å². The molecule has 1 aliphatic carbocycles. The first-order valence-corrected chi connectivity index (χ1v) is 4.90. The van der Waals surface area contributed by atoms with Gasteiger partial charge in [-0.15, -0.1) is 0 Å². The quantitative estimate of drug-likeness (QED) is 0.622. The third-order valence-electron chi connectivity index (χ3n) is 2.56. The summed E-state index contributed by atoms with van der Waals surface area (Å²) in [5, 5.41) is 0. The van der Waals surface area contributed by atoms with Gasteiger partial charge in [0.05, 0.1) is 0 Å². The molecule has 0 nitrogen and oxygen atoms in total. The molecule has 0 saturated carbocycles. The molecule has 2 rings (SSSR count). The maximum absolute atomic E-state index is 13.7. The molecule has 1 aliphatic rings. The lowest BCUT2D eigenvalue weighted by Crippen LogP contribution is -1.94. The van der Waals surface area contributed by atoms with Gasteiger partial charge in [-0.2, -0.15) is 0 Å². The van der Waals surface area contributed by atoms with Crippen LogP contribution in [0.15, 0.2) is 47.8 Å². The standard InChI is InChI=1S/C13H13F/c1-10-6-5-9-12(13(10)14)11-7-3-2-4-8-11/h2-4,7-9H,5-6H2,1H3. The molecule has 0 N–H and O–H groups in total. The van der Waals surface area contributed by atoms with Crippen molar-refractivity contribution in [3.63, 3.8) is 0 Å². The molecule has 0 spiro atoms. The molecule has 14 heavy (non-hydrogen) atoms. The average molecular weight is 188 g/mol. The Morgan fingerprint density at radius 1 is 1.14 bits per heavy atom. The predicted octanol–water partition coefficient (Wildman–Crippen LogP) is 4.11. The van der Waals surface area contributed by atoms with Gasteiger partial charge in [-0.3, -0.25) is 0 Å². The minimum absolute atomic E-state index is 0.0394. The van der Waals surface area contributed by atoms with Gasteiger partial charge in [0, 0.05) is 5.57 Å². The summed E-state index contributed by atoms with van der Waals surface area (Å²) in [5.74, 6) is -0.0394.